The molecule has 1 aromatic heterocycles. The molecule has 0 amide bonds. The first kappa shape index (κ1) is 12.2. The molecule has 2 rings (SSSR count). The monoisotopic (exact) mass is 246 g/mol. The minimum absolute atomic E-state index is 0.398. The number of aldehydes is 1. The van der Waals surface area contributed by atoms with Crippen LogP contribution in [0.4, 0.5) is 0 Å². The van der Waals surface area contributed by atoms with Gasteiger partial charge in [-0.25, -0.2) is 4.98 Å². The summed E-state index contributed by atoms with van der Waals surface area (Å²) in [6, 6.07) is 5.50. The molecule has 5 nitrogen and oxygen atoms in total. The van der Waals surface area contributed by atoms with Gasteiger partial charge in [0.15, 0.2) is 17.8 Å². The molecule has 0 radical (unpaired) electrons. The van der Waals surface area contributed by atoms with Gasteiger partial charge in [0.05, 0.1) is 19.8 Å². The molecule has 0 spiro atoms. The summed E-state index contributed by atoms with van der Waals surface area (Å²) in [6.45, 7) is 1.80. The van der Waals surface area contributed by atoms with E-state index in [0.717, 1.165) is 17.5 Å². The number of para-hydroxylation sites is 1. The highest BCUT2D eigenvalue weighted by Gasteiger charge is 2.15. The molecule has 0 saturated heterocycles. The van der Waals surface area contributed by atoms with Crippen molar-refractivity contribution in [1.29, 1.82) is 0 Å². The molecule has 1 heterocycles. The van der Waals surface area contributed by atoms with Crippen molar-refractivity contribution < 1.29 is 14.3 Å². The van der Waals surface area contributed by atoms with Crippen LogP contribution in [0.2, 0.25) is 0 Å². The number of carbonyl (C=O) groups excluding carboxylic acids is 1. The predicted molar refractivity (Wildman–Crippen MR) is 67.3 cm³/mol. The summed E-state index contributed by atoms with van der Waals surface area (Å²) in [7, 11) is 3.14. The number of benzene rings is 1. The molecule has 5 heteroatoms. The Morgan fingerprint density at radius 2 is 2.06 bits per heavy atom. The summed E-state index contributed by atoms with van der Waals surface area (Å²) < 4.78 is 10.6. The molecule has 0 atom stereocenters. The van der Waals surface area contributed by atoms with Crippen molar-refractivity contribution >= 4 is 6.29 Å². The van der Waals surface area contributed by atoms with Crippen LogP contribution in [0.1, 0.15) is 16.2 Å². The maximum absolute atomic E-state index is 10.8. The maximum atomic E-state index is 10.8. The molecular formula is C13H14N2O3. The van der Waals surface area contributed by atoms with Crippen molar-refractivity contribution in [2.75, 3.05) is 14.2 Å². The Hall–Kier alpha value is -2.30. The number of nitrogens with one attached hydrogen (secondary N) is 1. The SMILES string of the molecule is COc1cccc(-c2nc(C=O)c(C)[nH]2)c1OC. The lowest BCUT2D eigenvalue weighted by atomic mass is 10.1. The summed E-state index contributed by atoms with van der Waals surface area (Å²) in [5.74, 6) is 1.80. The third-order valence-electron chi connectivity index (χ3n) is 2.69. The third kappa shape index (κ3) is 1.95. The van der Waals surface area contributed by atoms with Gasteiger partial charge in [0.25, 0.3) is 0 Å². The lowest BCUT2D eigenvalue weighted by molar-refractivity contribution is 0.111. The number of rotatable bonds is 4. The molecule has 0 unspecified atom stereocenters. The number of hydrogen-bond acceptors (Lipinski definition) is 4. The Morgan fingerprint density at radius 3 is 2.61 bits per heavy atom. The predicted octanol–water partition coefficient (Wildman–Crippen LogP) is 2.21. The number of nitrogens with zero attached hydrogens (tertiary/aromatic N) is 1. The van der Waals surface area contributed by atoms with E-state index in [1.165, 1.54) is 0 Å². The van der Waals surface area contributed by atoms with E-state index >= 15 is 0 Å². The zero-order chi connectivity index (χ0) is 13.1. The van der Waals surface area contributed by atoms with E-state index < -0.39 is 0 Å². The van der Waals surface area contributed by atoms with Crippen molar-refractivity contribution in [3.05, 3.63) is 29.6 Å². The topological polar surface area (TPSA) is 64.2 Å². The number of ether oxygens (including phenoxy) is 2. The number of aromatic nitrogens is 2. The molecule has 0 aliphatic heterocycles. The van der Waals surface area contributed by atoms with E-state index in [-0.39, 0.29) is 0 Å². The van der Waals surface area contributed by atoms with Crippen molar-refractivity contribution in [3.63, 3.8) is 0 Å². The summed E-state index contributed by atoms with van der Waals surface area (Å²) in [5, 5.41) is 0. The Bertz CT molecular complexity index is 576. The minimum atomic E-state index is 0.398. The Labute approximate surface area is 105 Å². The first-order valence-corrected chi connectivity index (χ1v) is 5.44. The Kier molecular flexibility index (Phi) is 3.32. The fraction of sp³-hybridized carbons (Fsp3) is 0.231. The molecule has 2 aromatic rings. The summed E-state index contributed by atoms with van der Waals surface area (Å²) >= 11 is 0. The van der Waals surface area contributed by atoms with Gasteiger partial charge in [-0.2, -0.15) is 0 Å². The molecule has 0 saturated carbocycles. The van der Waals surface area contributed by atoms with Crippen molar-refractivity contribution in [3.8, 4) is 22.9 Å². The van der Waals surface area contributed by atoms with E-state index in [9.17, 15) is 4.79 Å². The number of aromatic amines is 1. The fourth-order valence-corrected chi connectivity index (χ4v) is 1.79. The van der Waals surface area contributed by atoms with E-state index in [1.54, 1.807) is 27.2 Å². The van der Waals surface area contributed by atoms with E-state index in [0.29, 0.717) is 23.0 Å². The van der Waals surface area contributed by atoms with Gasteiger partial charge in [-0.3, -0.25) is 4.79 Å². The fourth-order valence-electron chi connectivity index (χ4n) is 1.79. The quantitative estimate of drug-likeness (QED) is 0.840. The van der Waals surface area contributed by atoms with Gasteiger partial charge >= 0.3 is 0 Å². The first-order chi connectivity index (χ1) is 8.71. The maximum Gasteiger partial charge on any atom is 0.171 e. The van der Waals surface area contributed by atoms with Crippen LogP contribution in [0.3, 0.4) is 0 Å². The zero-order valence-corrected chi connectivity index (χ0v) is 10.5. The number of hydrogen-bond donors (Lipinski definition) is 1. The van der Waals surface area contributed by atoms with Crippen LogP contribution < -0.4 is 9.47 Å². The average molecular weight is 246 g/mol. The van der Waals surface area contributed by atoms with Crippen molar-refractivity contribution in [2.24, 2.45) is 0 Å². The van der Waals surface area contributed by atoms with Gasteiger partial charge in [0.2, 0.25) is 0 Å². The molecule has 0 bridgehead atoms. The van der Waals surface area contributed by atoms with Crippen LogP contribution in [0.15, 0.2) is 18.2 Å². The molecule has 0 aliphatic rings. The summed E-state index contributed by atoms with van der Waals surface area (Å²) in [4.78, 5) is 18.1. The molecule has 0 fully saturated rings. The highest BCUT2D eigenvalue weighted by Crippen LogP contribution is 2.36. The molecule has 18 heavy (non-hydrogen) atoms. The number of methoxy groups -OCH3 is 2. The van der Waals surface area contributed by atoms with Gasteiger partial charge in [-0.15, -0.1) is 0 Å². The normalized spacial score (nSPS) is 10.2. The van der Waals surface area contributed by atoms with E-state index in [1.807, 2.05) is 12.1 Å². The zero-order valence-electron chi connectivity index (χ0n) is 10.5. The number of aryl methyl sites for hydroxylation is 1. The molecule has 1 aromatic carbocycles. The summed E-state index contributed by atoms with van der Waals surface area (Å²) in [6.07, 6.45) is 0.724. The van der Waals surface area contributed by atoms with E-state index in [4.69, 9.17) is 9.47 Å². The third-order valence-corrected chi connectivity index (χ3v) is 2.69. The lowest BCUT2D eigenvalue weighted by Gasteiger charge is -2.10. The van der Waals surface area contributed by atoms with Crippen molar-refractivity contribution in [1.82, 2.24) is 9.97 Å². The van der Waals surface area contributed by atoms with Crippen LogP contribution in [0.25, 0.3) is 11.4 Å². The smallest absolute Gasteiger partial charge is 0.171 e. The second-order valence-electron chi connectivity index (χ2n) is 3.75. The lowest BCUT2D eigenvalue weighted by Crippen LogP contribution is -1.94. The van der Waals surface area contributed by atoms with Gasteiger partial charge in [0, 0.05) is 5.69 Å². The Balaban J connectivity index is 2.59. The van der Waals surface area contributed by atoms with Crippen LogP contribution in [0, 0.1) is 6.92 Å². The number of imidazole rings is 1. The van der Waals surface area contributed by atoms with Crippen LogP contribution in [0.5, 0.6) is 11.5 Å². The summed E-state index contributed by atoms with van der Waals surface area (Å²) in [5.41, 5.74) is 1.88. The average Bonchev–Trinajstić information content (AvgIpc) is 2.78. The minimum Gasteiger partial charge on any atom is -0.493 e. The highest BCUT2D eigenvalue weighted by molar-refractivity contribution is 5.77. The van der Waals surface area contributed by atoms with Gasteiger partial charge in [-0.05, 0) is 19.1 Å². The van der Waals surface area contributed by atoms with Gasteiger partial charge < -0.3 is 14.5 Å². The Morgan fingerprint density at radius 1 is 1.28 bits per heavy atom. The second kappa shape index (κ2) is 4.91. The largest absolute Gasteiger partial charge is 0.493 e. The van der Waals surface area contributed by atoms with E-state index in [2.05, 4.69) is 9.97 Å². The van der Waals surface area contributed by atoms with Gasteiger partial charge in [0.1, 0.15) is 11.5 Å². The highest BCUT2D eigenvalue weighted by atomic mass is 16.5. The first-order valence-electron chi connectivity index (χ1n) is 5.44. The number of H-pyrrole nitrogens is 1. The van der Waals surface area contributed by atoms with Crippen LogP contribution in [-0.2, 0) is 0 Å². The van der Waals surface area contributed by atoms with Gasteiger partial charge in [-0.1, -0.05) is 6.07 Å². The van der Waals surface area contributed by atoms with Crippen LogP contribution >= 0.6 is 0 Å². The number of carbonyl (C=O) groups is 1. The van der Waals surface area contributed by atoms with Crippen molar-refractivity contribution in [2.45, 2.75) is 6.92 Å². The molecular weight excluding hydrogens is 232 g/mol. The molecule has 0 aliphatic carbocycles. The second-order valence-corrected chi connectivity index (χ2v) is 3.75. The molecule has 1 N–H and O–H groups in total. The standard InChI is InChI=1S/C13H14N2O3/c1-8-10(7-16)15-13(14-8)9-5-4-6-11(17-2)12(9)18-3/h4-7H,1-3H3,(H,14,15). The van der Waals surface area contributed by atoms with Crippen LogP contribution in [-0.4, -0.2) is 30.5 Å². The molecule has 94 valence electrons.